The van der Waals surface area contributed by atoms with Crippen molar-refractivity contribution in [2.75, 3.05) is 20.1 Å². The number of carbonyl (C=O) groups is 1. The molecule has 0 amide bonds. The molecule has 2 fully saturated rings. The summed E-state index contributed by atoms with van der Waals surface area (Å²) in [5.41, 5.74) is 0.738. The summed E-state index contributed by atoms with van der Waals surface area (Å²) in [6.45, 7) is 1.90. The molecule has 1 aliphatic carbocycles. The average molecular weight is 287 g/mol. The minimum Gasteiger partial charge on any atom is -0.460 e. The monoisotopic (exact) mass is 287 g/mol. The zero-order valence-electron chi connectivity index (χ0n) is 12.9. The molecule has 0 bridgehead atoms. The Hall–Kier alpha value is -1.35. The van der Waals surface area contributed by atoms with Gasteiger partial charge >= 0.3 is 5.97 Å². The number of carbonyl (C=O) groups excluding carboxylic acids is 1. The van der Waals surface area contributed by atoms with Crippen molar-refractivity contribution in [1.82, 2.24) is 4.90 Å². The zero-order valence-corrected chi connectivity index (χ0v) is 12.9. The Morgan fingerprint density at radius 3 is 2.52 bits per heavy atom. The molecule has 1 heterocycles. The molecular weight excluding hydrogens is 262 g/mol. The molecule has 1 aromatic rings. The van der Waals surface area contributed by atoms with E-state index >= 15 is 0 Å². The molecular formula is C18H25NO2. The minimum atomic E-state index is -0.402. The number of benzene rings is 1. The highest BCUT2D eigenvalue weighted by Crippen LogP contribution is 2.41. The lowest BCUT2D eigenvalue weighted by Gasteiger charge is -2.36. The highest BCUT2D eigenvalue weighted by Gasteiger charge is 2.43. The molecule has 21 heavy (non-hydrogen) atoms. The fraction of sp³-hybridized carbons (Fsp3) is 0.611. The van der Waals surface area contributed by atoms with Gasteiger partial charge in [-0.1, -0.05) is 49.6 Å². The maximum absolute atomic E-state index is 12.9. The summed E-state index contributed by atoms with van der Waals surface area (Å²) >= 11 is 0. The number of nitrogens with zero attached hydrogens (tertiary/aromatic N) is 1. The molecule has 0 N–H and O–H groups in total. The van der Waals surface area contributed by atoms with Crippen molar-refractivity contribution < 1.29 is 9.53 Å². The quantitative estimate of drug-likeness (QED) is 0.800. The first-order chi connectivity index (χ1) is 10.2. The number of likely N-dealkylation sites (tertiary alicyclic amines) is 1. The van der Waals surface area contributed by atoms with E-state index in [-0.39, 0.29) is 12.1 Å². The summed E-state index contributed by atoms with van der Waals surface area (Å²) in [7, 11) is 2.08. The maximum Gasteiger partial charge on any atom is 0.316 e. The van der Waals surface area contributed by atoms with Gasteiger partial charge in [-0.25, -0.2) is 0 Å². The van der Waals surface area contributed by atoms with Gasteiger partial charge in [-0.3, -0.25) is 4.79 Å². The van der Waals surface area contributed by atoms with Crippen LogP contribution in [-0.2, 0) is 14.9 Å². The van der Waals surface area contributed by atoms with Gasteiger partial charge in [-0.2, -0.15) is 0 Å². The molecule has 0 aromatic heterocycles. The smallest absolute Gasteiger partial charge is 0.316 e. The topological polar surface area (TPSA) is 29.5 Å². The van der Waals surface area contributed by atoms with Crippen LogP contribution in [0.25, 0.3) is 0 Å². The summed E-state index contributed by atoms with van der Waals surface area (Å²) in [5.74, 6) is 0.00806. The first kappa shape index (κ1) is 14.6. The molecule has 1 saturated heterocycles. The number of ether oxygens (including phenoxy) is 1. The molecule has 0 unspecified atom stereocenters. The van der Waals surface area contributed by atoms with E-state index in [2.05, 4.69) is 24.1 Å². The summed E-state index contributed by atoms with van der Waals surface area (Å²) in [6.07, 6.45) is 6.37. The molecule has 2 aliphatic rings. The molecule has 3 heteroatoms. The molecule has 114 valence electrons. The van der Waals surface area contributed by atoms with Gasteiger partial charge in [0.05, 0.1) is 5.41 Å². The second kappa shape index (κ2) is 6.18. The molecule has 3 nitrogen and oxygen atoms in total. The summed E-state index contributed by atoms with van der Waals surface area (Å²) in [5, 5.41) is 0. The second-order valence-electron chi connectivity index (χ2n) is 6.59. The summed E-state index contributed by atoms with van der Waals surface area (Å²) in [6, 6.07) is 10.3. The van der Waals surface area contributed by atoms with Gasteiger partial charge in [-0.15, -0.1) is 0 Å². The minimum absolute atomic E-state index is 0.00806. The van der Waals surface area contributed by atoms with Crippen molar-refractivity contribution >= 4 is 5.97 Å². The largest absolute Gasteiger partial charge is 0.460 e. The third-order valence-corrected chi connectivity index (χ3v) is 5.05. The Kier molecular flexibility index (Phi) is 4.29. The van der Waals surface area contributed by atoms with E-state index in [9.17, 15) is 4.79 Å². The van der Waals surface area contributed by atoms with Crippen LogP contribution in [0.15, 0.2) is 30.3 Å². The molecule has 0 radical (unpaired) electrons. The van der Waals surface area contributed by atoms with Crippen molar-refractivity contribution in [2.45, 2.75) is 50.0 Å². The SMILES string of the molecule is CN1CC[C@@H](OC(=O)C2(c3ccccc3)CCCCC2)C1. The van der Waals surface area contributed by atoms with Gasteiger partial charge < -0.3 is 9.64 Å². The first-order valence-corrected chi connectivity index (χ1v) is 8.16. The first-order valence-electron chi connectivity index (χ1n) is 8.16. The lowest BCUT2D eigenvalue weighted by atomic mass is 9.69. The van der Waals surface area contributed by atoms with Crippen LogP contribution in [0.2, 0.25) is 0 Å². The van der Waals surface area contributed by atoms with Crippen LogP contribution in [0.3, 0.4) is 0 Å². The number of rotatable bonds is 3. The van der Waals surface area contributed by atoms with Gasteiger partial charge in [0.2, 0.25) is 0 Å². The highest BCUT2D eigenvalue weighted by atomic mass is 16.5. The average Bonchev–Trinajstić information content (AvgIpc) is 2.94. The predicted molar refractivity (Wildman–Crippen MR) is 83.2 cm³/mol. The molecule has 0 spiro atoms. The second-order valence-corrected chi connectivity index (χ2v) is 6.59. The van der Waals surface area contributed by atoms with E-state index in [4.69, 9.17) is 4.74 Å². The van der Waals surface area contributed by atoms with Crippen LogP contribution in [0.1, 0.15) is 44.1 Å². The van der Waals surface area contributed by atoms with E-state index in [0.29, 0.717) is 0 Å². The van der Waals surface area contributed by atoms with Gasteiger partial charge in [0.15, 0.2) is 0 Å². The van der Waals surface area contributed by atoms with Gasteiger partial charge in [0, 0.05) is 13.1 Å². The summed E-state index contributed by atoms with van der Waals surface area (Å²) in [4.78, 5) is 15.2. The van der Waals surface area contributed by atoms with Crippen molar-refractivity contribution in [1.29, 1.82) is 0 Å². The van der Waals surface area contributed by atoms with E-state index in [1.165, 1.54) is 6.42 Å². The Morgan fingerprint density at radius 1 is 1.19 bits per heavy atom. The third kappa shape index (κ3) is 2.98. The molecule has 1 aliphatic heterocycles. The highest BCUT2D eigenvalue weighted by molar-refractivity contribution is 5.83. The van der Waals surface area contributed by atoms with Crippen LogP contribution >= 0.6 is 0 Å². The maximum atomic E-state index is 12.9. The molecule has 1 aromatic carbocycles. The van der Waals surface area contributed by atoms with E-state index in [0.717, 1.165) is 50.8 Å². The van der Waals surface area contributed by atoms with Crippen molar-refractivity contribution in [3.8, 4) is 0 Å². The lowest BCUT2D eigenvalue weighted by Crippen LogP contribution is -2.41. The van der Waals surface area contributed by atoms with Gasteiger partial charge in [-0.05, 0) is 31.9 Å². The molecule has 3 rings (SSSR count). The number of likely N-dealkylation sites (N-methyl/N-ethyl adjacent to an activating group) is 1. The Morgan fingerprint density at radius 2 is 1.90 bits per heavy atom. The van der Waals surface area contributed by atoms with Crippen LogP contribution < -0.4 is 0 Å². The normalized spacial score (nSPS) is 25.7. The predicted octanol–water partition coefficient (Wildman–Crippen LogP) is 3.14. The van der Waals surface area contributed by atoms with Crippen molar-refractivity contribution in [3.05, 3.63) is 35.9 Å². The zero-order chi connectivity index (χ0) is 14.7. The lowest BCUT2D eigenvalue weighted by molar-refractivity contribution is -0.157. The fourth-order valence-corrected chi connectivity index (χ4v) is 3.78. The number of hydrogen-bond acceptors (Lipinski definition) is 3. The number of hydrogen-bond donors (Lipinski definition) is 0. The van der Waals surface area contributed by atoms with Crippen LogP contribution in [0.5, 0.6) is 0 Å². The third-order valence-electron chi connectivity index (χ3n) is 5.05. The Labute approximate surface area is 127 Å². The molecule has 1 saturated carbocycles. The van der Waals surface area contributed by atoms with Crippen LogP contribution in [0, 0.1) is 0 Å². The van der Waals surface area contributed by atoms with Crippen LogP contribution in [-0.4, -0.2) is 37.1 Å². The Balaban J connectivity index is 1.80. The number of esters is 1. The van der Waals surface area contributed by atoms with E-state index in [1.54, 1.807) is 0 Å². The van der Waals surface area contributed by atoms with E-state index in [1.807, 2.05) is 18.2 Å². The van der Waals surface area contributed by atoms with Crippen molar-refractivity contribution in [3.63, 3.8) is 0 Å². The Bertz CT molecular complexity index is 479. The summed E-state index contributed by atoms with van der Waals surface area (Å²) < 4.78 is 5.90. The molecule has 1 atom stereocenters. The van der Waals surface area contributed by atoms with Crippen molar-refractivity contribution in [2.24, 2.45) is 0 Å². The standard InChI is InChI=1S/C18H25NO2/c1-19-13-10-16(14-19)21-17(20)18(11-6-3-7-12-18)15-8-4-2-5-9-15/h2,4-5,8-9,16H,3,6-7,10-14H2,1H3/t16-/m1/s1. The van der Waals surface area contributed by atoms with E-state index < -0.39 is 5.41 Å². The fourth-order valence-electron chi connectivity index (χ4n) is 3.78. The van der Waals surface area contributed by atoms with Gasteiger partial charge in [0.25, 0.3) is 0 Å². The van der Waals surface area contributed by atoms with Crippen LogP contribution in [0.4, 0.5) is 0 Å². The van der Waals surface area contributed by atoms with Gasteiger partial charge in [0.1, 0.15) is 6.10 Å².